The van der Waals surface area contributed by atoms with Crippen LogP contribution in [0.5, 0.6) is 0 Å². The van der Waals surface area contributed by atoms with Crippen molar-refractivity contribution >= 4 is 16.9 Å². The Hall–Kier alpha value is -3.81. The first-order valence-electron chi connectivity index (χ1n) is 7.81. The fourth-order valence-corrected chi connectivity index (χ4v) is 2.54. The number of hydrogen-bond acceptors (Lipinski definition) is 6. The summed E-state index contributed by atoms with van der Waals surface area (Å²) < 4.78 is 7.84. The predicted octanol–water partition coefficient (Wildman–Crippen LogP) is 1.79. The molecule has 8 heteroatoms. The van der Waals surface area contributed by atoms with Gasteiger partial charge >= 0.3 is 5.97 Å². The summed E-state index contributed by atoms with van der Waals surface area (Å²) >= 11 is 0. The van der Waals surface area contributed by atoms with Crippen molar-refractivity contribution in [2.24, 2.45) is 0 Å². The van der Waals surface area contributed by atoms with Crippen molar-refractivity contribution in [3.63, 3.8) is 0 Å². The van der Waals surface area contributed by atoms with Crippen LogP contribution in [0.3, 0.4) is 0 Å². The largest absolute Gasteiger partial charge is 0.437 e. The van der Waals surface area contributed by atoms with Gasteiger partial charge in [0.25, 0.3) is 5.56 Å². The number of para-hydroxylation sites is 1. The van der Waals surface area contributed by atoms with Gasteiger partial charge in [-0.15, -0.1) is 5.10 Å². The second-order valence-electron chi connectivity index (χ2n) is 5.46. The van der Waals surface area contributed by atoms with Gasteiger partial charge in [-0.3, -0.25) is 9.36 Å². The van der Waals surface area contributed by atoms with E-state index in [1.54, 1.807) is 28.8 Å². The van der Waals surface area contributed by atoms with Gasteiger partial charge in [-0.05, 0) is 24.3 Å². The highest BCUT2D eigenvalue weighted by atomic mass is 16.5. The monoisotopic (exact) mass is 347 g/mol. The molecule has 2 aromatic heterocycles. The Morgan fingerprint density at radius 1 is 1.04 bits per heavy atom. The third kappa shape index (κ3) is 2.84. The van der Waals surface area contributed by atoms with Crippen molar-refractivity contribution in [1.29, 1.82) is 0 Å². The topological polar surface area (TPSA) is 91.9 Å². The van der Waals surface area contributed by atoms with Crippen LogP contribution in [-0.4, -0.2) is 30.5 Å². The quantitative estimate of drug-likeness (QED) is 0.523. The van der Waals surface area contributed by atoms with E-state index in [1.807, 2.05) is 30.3 Å². The van der Waals surface area contributed by atoms with Gasteiger partial charge in [0.05, 0.1) is 17.9 Å². The summed E-state index contributed by atoms with van der Waals surface area (Å²) in [6.07, 6.45) is 2.93. The lowest BCUT2D eigenvalue weighted by molar-refractivity contribution is 0.0326. The number of imidazole rings is 1. The van der Waals surface area contributed by atoms with E-state index in [-0.39, 0.29) is 18.0 Å². The number of aromatic nitrogens is 5. The minimum absolute atomic E-state index is 0.248. The van der Waals surface area contributed by atoms with Crippen LogP contribution in [0.4, 0.5) is 0 Å². The molecule has 4 rings (SSSR count). The number of fused-ring (bicyclic) bond motifs is 1. The molecule has 8 nitrogen and oxygen atoms in total. The highest BCUT2D eigenvalue weighted by Gasteiger charge is 2.15. The average Bonchev–Trinajstić information content (AvgIpc) is 3.18. The van der Waals surface area contributed by atoms with Gasteiger partial charge < -0.3 is 4.74 Å². The molecule has 0 radical (unpaired) electrons. The fraction of sp³-hybridized carbons (Fsp3) is 0.0556. The molecule has 2 aromatic carbocycles. The summed E-state index contributed by atoms with van der Waals surface area (Å²) in [4.78, 5) is 28.8. The molecule has 0 aliphatic rings. The number of carbonyl (C=O) groups is 1. The molecule has 0 aliphatic carbocycles. The number of ether oxygens (including phenoxy) is 1. The lowest BCUT2D eigenvalue weighted by Crippen LogP contribution is -2.27. The third-order valence-electron chi connectivity index (χ3n) is 3.83. The lowest BCUT2D eigenvalue weighted by Gasteiger charge is -2.09. The maximum absolute atomic E-state index is 12.4. The van der Waals surface area contributed by atoms with Crippen molar-refractivity contribution in [3.05, 3.63) is 83.2 Å². The number of rotatable bonds is 4. The van der Waals surface area contributed by atoms with Crippen molar-refractivity contribution in [1.82, 2.24) is 24.5 Å². The average molecular weight is 347 g/mol. The molecular formula is C18H13N5O3. The summed E-state index contributed by atoms with van der Waals surface area (Å²) in [6, 6.07) is 16.1. The molecule has 0 unspecified atom stereocenters. The zero-order valence-corrected chi connectivity index (χ0v) is 13.5. The molecule has 0 saturated carbocycles. The standard InChI is InChI=1S/C18H13N5O3/c24-17-14-8-4-5-9-15(14)20-21-23(17)12-26-18(25)16-10-19-11-22(16)13-6-2-1-3-7-13/h1-11H,12H2. The molecule has 0 aliphatic heterocycles. The Bertz CT molecular complexity index is 1130. The lowest BCUT2D eigenvalue weighted by atomic mass is 10.2. The normalized spacial score (nSPS) is 10.8. The van der Waals surface area contributed by atoms with E-state index >= 15 is 0 Å². The summed E-state index contributed by atoms with van der Waals surface area (Å²) in [5.41, 5.74) is 1.14. The minimum atomic E-state index is -0.617. The van der Waals surface area contributed by atoms with E-state index < -0.39 is 5.97 Å². The SMILES string of the molecule is O=C(OCn1nnc2ccccc2c1=O)c1cncn1-c1ccccc1. The maximum atomic E-state index is 12.4. The number of benzene rings is 2. The number of carbonyl (C=O) groups excluding carboxylic acids is 1. The van der Waals surface area contributed by atoms with Crippen molar-refractivity contribution in [2.45, 2.75) is 6.73 Å². The van der Waals surface area contributed by atoms with E-state index in [0.29, 0.717) is 10.9 Å². The Morgan fingerprint density at radius 2 is 1.81 bits per heavy atom. The maximum Gasteiger partial charge on any atom is 0.358 e. The molecule has 0 bridgehead atoms. The third-order valence-corrected chi connectivity index (χ3v) is 3.83. The van der Waals surface area contributed by atoms with Crippen molar-refractivity contribution in [3.8, 4) is 5.69 Å². The van der Waals surface area contributed by atoms with Crippen LogP contribution >= 0.6 is 0 Å². The Labute approximate surface area is 147 Å². The van der Waals surface area contributed by atoms with Gasteiger partial charge in [0.1, 0.15) is 5.52 Å². The van der Waals surface area contributed by atoms with Gasteiger partial charge in [-0.2, -0.15) is 4.68 Å². The molecule has 4 aromatic rings. The highest BCUT2D eigenvalue weighted by Crippen LogP contribution is 2.12. The van der Waals surface area contributed by atoms with Crippen LogP contribution < -0.4 is 5.56 Å². The fourth-order valence-electron chi connectivity index (χ4n) is 2.54. The summed E-state index contributed by atoms with van der Waals surface area (Å²) in [5.74, 6) is -0.617. The Morgan fingerprint density at radius 3 is 2.65 bits per heavy atom. The van der Waals surface area contributed by atoms with Gasteiger partial charge in [0, 0.05) is 5.69 Å². The molecule has 2 heterocycles. The zero-order chi connectivity index (χ0) is 17.9. The number of esters is 1. The number of nitrogens with zero attached hydrogens (tertiary/aromatic N) is 5. The smallest absolute Gasteiger partial charge is 0.358 e. The van der Waals surface area contributed by atoms with Crippen LogP contribution in [0.1, 0.15) is 10.5 Å². The second-order valence-corrected chi connectivity index (χ2v) is 5.46. The molecule has 0 spiro atoms. The van der Waals surface area contributed by atoms with Crippen LogP contribution in [0.15, 0.2) is 71.9 Å². The summed E-state index contributed by atoms with van der Waals surface area (Å²) in [6.45, 7) is -0.338. The van der Waals surface area contributed by atoms with E-state index in [4.69, 9.17) is 4.74 Å². The molecule has 0 atom stereocenters. The van der Waals surface area contributed by atoms with E-state index in [2.05, 4.69) is 15.3 Å². The van der Waals surface area contributed by atoms with E-state index in [9.17, 15) is 9.59 Å². The van der Waals surface area contributed by atoms with Crippen LogP contribution in [0, 0.1) is 0 Å². The van der Waals surface area contributed by atoms with Crippen molar-refractivity contribution in [2.75, 3.05) is 0 Å². The van der Waals surface area contributed by atoms with Crippen molar-refractivity contribution < 1.29 is 9.53 Å². The Balaban J connectivity index is 1.57. The summed E-state index contributed by atoms with van der Waals surface area (Å²) in [7, 11) is 0. The van der Waals surface area contributed by atoms with E-state index in [0.717, 1.165) is 10.4 Å². The molecule has 0 amide bonds. The van der Waals surface area contributed by atoms with Gasteiger partial charge in [0.2, 0.25) is 0 Å². The highest BCUT2D eigenvalue weighted by molar-refractivity contribution is 5.88. The number of hydrogen-bond donors (Lipinski definition) is 0. The van der Waals surface area contributed by atoms with Gasteiger partial charge in [0.15, 0.2) is 12.4 Å². The molecular weight excluding hydrogens is 334 g/mol. The summed E-state index contributed by atoms with van der Waals surface area (Å²) in [5, 5.41) is 8.16. The van der Waals surface area contributed by atoms with Crippen LogP contribution in [-0.2, 0) is 11.5 Å². The first-order valence-corrected chi connectivity index (χ1v) is 7.81. The minimum Gasteiger partial charge on any atom is -0.437 e. The zero-order valence-electron chi connectivity index (χ0n) is 13.5. The second kappa shape index (κ2) is 6.60. The first-order chi connectivity index (χ1) is 12.7. The van der Waals surface area contributed by atoms with Crippen LogP contribution in [0.25, 0.3) is 16.6 Å². The van der Waals surface area contributed by atoms with Gasteiger partial charge in [-0.1, -0.05) is 35.5 Å². The predicted molar refractivity (Wildman–Crippen MR) is 92.8 cm³/mol. The molecule has 26 heavy (non-hydrogen) atoms. The van der Waals surface area contributed by atoms with Gasteiger partial charge in [-0.25, -0.2) is 9.78 Å². The Kier molecular flexibility index (Phi) is 3.98. The molecule has 0 fully saturated rings. The molecule has 0 saturated heterocycles. The molecule has 0 N–H and O–H groups in total. The first kappa shape index (κ1) is 15.7. The van der Waals surface area contributed by atoms with Crippen LogP contribution in [0.2, 0.25) is 0 Å². The molecule has 128 valence electrons. The van der Waals surface area contributed by atoms with E-state index in [1.165, 1.54) is 12.5 Å².